The highest BCUT2D eigenvalue weighted by Crippen LogP contribution is 2.22. The predicted molar refractivity (Wildman–Crippen MR) is 71.0 cm³/mol. The second-order valence-electron chi connectivity index (χ2n) is 4.79. The molecular formula is C13H17F2NO2S. The first-order chi connectivity index (χ1) is 8.77. The molecule has 1 N–H and O–H groups in total. The SMILES string of the molecule is CN(C(=O)CSc1ccc(F)c(F)c1)C(C)(C)CO. The topological polar surface area (TPSA) is 40.5 Å². The third-order valence-corrected chi connectivity index (χ3v) is 3.90. The van der Waals surface area contributed by atoms with E-state index in [1.54, 1.807) is 20.9 Å². The molecule has 6 heteroatoms. The van der Waals surface area contributed by atoms with E-state index in [9.17, 15) is 18.7 Å². The Hall–Kier alpha value is -1.14. The minimum atomic E-state index is -0.929. The average molecular weight is 289 g/mol. The molecule has 19 heavy (non-hydrogen) atoms. The number of hydrogen-bond donors (Lipinski definition) is 1. The zero-order valence-electron chi connectivity index (χ0n) is 11.1. The van der Waals surface area contributed by atoms with E-state index < -0.39 is 17.2 Å². The van der Waals surface area contributed by atoms with Gasteiger partial charge in [-0.25, -0.2) is 8.78 Å². The van der Waals surface area contributed by atoms with E-state index in [2.05, 4.69) is 0 Å². The van der Waals surface area contributed by atoms with Crippen molar-refractivity contribution in [2.75, 3.05) is 19.4 Å². The number of hydrogen-bond acceptors (Lipinski definition) is 3. The summed E-state index contributed by atoms with van der Waals surface area (Å²) in [6, 6.07) is 3.52. The highest BCUT2D eigenvalue weighted by molar-refractivity contribution is 8.00. The number of likely N-dealkylation sites (N-methyl/N-ethyl adjacent to an activating group) is 1. The van der Waals surface area contributed by atoms with Gasteiger partial charge in [-0.2, -0.15) is 0 Å². The van der Waals surface area contributed by atoms with E-state index >= 15 is 0 Å². The molecule has 0 fully saturated rings. The van der Waals surface area contributed by atoms with Crippen molar-refractivity contribution in [3.8, 4) is 0 Å². The average Bonchev–Trinajstić information content (AvgIpc) is 2.38. The molecule has 0 saturated carbocycles. The molecule has 106 valence electrons. The number of nitrogens with zero attached hydrogens (tertiary/aromatic N) is 1. The van der Waals surface area contributed by atoms with Crippen LogP contribution < -0.4 is 0 Å². The Labute approximate surface area is 115 Å². The molecule has 1 aromatic rings. The maximum atomic E-state index is 13.0. The van der Waals surface area contributed by atoms with Crippen LogP contribution in [0.1, 0.15) is 13.8 Å². The Balaban J connectivity index is 2.61. The third-order valence-electron chi connectivity index (χ3n) is 2.92. The molecule has 0 aromatic heterocycles. The Bertz CT molecular complexity index is 466. The summed E-state index contributed by atoms with van der Waals surface area (Å²) in [7, 11) is 1.60. The number of carbonyl (C=O) groups is 1. The van der Waals surface area contributed by atoms with E-state index in [0.29, 0.717) is 4.90 Å². The van der Waals surface area contributed by atoms with Crippen LogP contribution in [0.2, 0.25) is 0 Å². The van der Waals surface area contributed by atoms with Crippen LogP contribution >= 0.6 is 11.8 Å². The lowest BCUT2D eigenvalue weighted by atomic mass is 10.1. The van der Waals surface area contributed by atoms with Gasteiger partial charge in [-0.05, 0) is 32.0 Å². The van der Waals surface area contributed by atoms with Crippen LogP contribution in [0.3, 0.4) is 0 Å². The smallest absolute Gasteiger partial charge is 0.233 e. The van der Waals surface area contributed by atoms with Gasteiger partial charge in [0.25, 0.3) is 0 Å². The first-order valence-electron chi connectivity index (χ1n) is 5.73. The number of benzene rings is 1. The molecule has 0 aliphatic heterocycles. The second kappa shape index (κ2) is 6.34. The molecule has 1 amide bonds. The zero-order chi connectivity index (χ0) is 14.6. The number of amides is 1. The van der Waals surface area contributed by atoms with Crippen LogP contribution in [0.5, 0.6) is 0 Å². The van der Waals surface area contributed by atoms with Gasteiger partial charge in [0.2, 0.25) is 5.91 Å². The van der Waals surface area contributed by atoms with Crippen molar-refractivity contribution in [2.45, 2.75) is 24.3 Å². The van der Waals surface area contributed by atoms with Crippen molar-refractivity contribution in [3.63, 3.8) is 0 Å². The molecule has 0 aliphatic carbocycles. The summed E-state index contributed by atoms with van der Waals surface area (Å²) in [4.78, 5) is 13.8. The molecule has 0 saturated heterocycles. The molecule has 0 radical (unpaired) electrons. The highest BCUT2D eigenvalue weighted by Gasteiger charge is 2.26. The lowest BCUT2D eigenvalue weighted by Crippen LogP contribution is -2.48. The number of carbonyl (C=O) groups excluding carboxylic acids is 1. The highest BCUT2D eigenvalue weighted by atomic mass is 32.2. The minimum absolute atomic E-state index is 0.102. The molecule has 1 aromatic carbocycles. The zero-order valence-corrected chi connectivity index (χ0v) is 11.9. The maximum Gasteiger partial charge on any atom is 0.233 e. The Morgan fingerprint density at radius 3 is 2.53 bits per heavy atom. The summed E-state index contributed by atoms with van der Waals surface area (Å²) in [5, 5.41) is 9.17. The molecule has 0 atom stereocenters. The van der Waals surface area contributed by atoms with Crippen LogP contribution in [0, 0.1) is 11.6 Å². The Morgan fingerprint density at radius 2 is 2.00 bits per heavy atom. The van der Waals surface area contributed by atoms with Crippen LogP contribution in [0.25, 0.3) is 0 Å². The summed E-state index contributed by atoms with van der Waals surface area (Å²) in [5.74, 6) is -1.92. The van der Waals surface area contributed by atoms with E-state index in [4.69, 9.17) is 0 Å². The molecule has 3 nitrogen and oxygen atoms in total. The van der Waals surface area contributed by atoms with Gasteiger partial charge in [-0.3, -0.25) is 4.79 Å². The summed E-state index contributed by atoms with van der Waals surface area (Å²) < 4.78 is 25.7. The second-order valence-corrected chi connectivity index (χ2v) is 5.84. The van der Waals surface area contributed by atoms with Gasteiger partial charge in [0.05, 0.1) is 17.9 Å². The van der Waals surface area contributed by atoms with Gasteiger partial charge >= 0.3 is 0 Å². The number of aliphatic hydroxyl groups excluding tert-OH is 1. The van der Waals surface area contributed by atoms with Crippen LogP contribution in [0.15, 0.2) is 23.1 Å². The van der Waals surface area contributed by atoms with Crippen molar-refractivity contribution in [3.05, 3.63) is 29.8 Å². The predicted octanol–water partition coefficient (Wildman–Crippen LogP) is 2.29. The van der Waals surface area contributed by atoms with Gasteiger partial charge in [-0.1, -0.05) is 0 Å². The lowest BCUT2D eigenvalue weighted by molar-refractivity contribution is -0.133. The first kappa shape index (κ1) is 15.9. The molecule has 1 rings (SSSR count). The van der Waals surface area contributed by atoms with Gasteiger partial charge < -0.3 is 10.0 Å². The number of thioether (sulfide) groups is 1. The molecule has 0 heterocycles. The van der Waals surface area contributed by atoms with E-state index in [1.807, 2.05) is 0 Å². The van der Waals surface area contributed by atoms with Gasteiger partial charge in [0.15, 0.2) is 11.6 Å². The van der Waals surface area contributed by atoms with Crippen LogP contribution in [-0.2, 0) is 4.79 Å². The fourth-order valence-corrected chi connectivity index (χ4v) is 2.09. The van der Waals surface area contributed by atoms with Gasteiger partial charge in [0.1, 0.15) is 0 Å². The molecule has 0 bridgehead atoms. The van der Waals surface area contributed by atoms with Gasteiger partial charge in [-0.15, -0.1) is 11.8 Å². The summed E-state index contributed by atoms with van der Waals surface area (Å²) in [6.07, 6.45) is 0. The monoisotopic (exact) mass is 289 g/mol. The van der Waals surface area contributed by atoms with Crippen molar-refractivity contribution in [2.24, 2.45) is 0 Å². The van der Waals surface area contributed by atoms with Crippen molar-refractivity contribution in [1.82, 2.24) is 4.90 Å². The van der Waals surface area contributed by atoms with Crippen LogP contribution in [-0.4, -0.2) is 40.9 Å². The van der Waals surface area contributed by atoms with E-state index in [-0.39, 0.29) is 18.3 Å². The largest absolute Gasteiger partial charge is 0.394 e. The molecule has 0 unspecified atom stereocenters. The quantitative estimate of drug-likeness (QED) is 0.846. The van der Waals surface area contributed by atoms with Gasteiger partial charge in [0, 0.05) is 11.9 Å². The van der Waals surface area contributed by atoms with E-state index in [0.717, 1.165) is 23.9 Å². The van der Waals surface area contributed by atoms with Crippen molar-refractivity contribution >= 4 is 17.7 Å². The van der Waals surface area contributed by atoms with E-state index in [1.165, 1.54) is 11.0 Å². The summed E-state index contributed by atoms with van der Waals surface area (Å²) in [5.41, 5.74) is -0.647. The third kappa shape index (κ3) is 4.18. The standard InChI is InChI=1S/C13H17F2NO2S/c1-13(2,8-17)16(3)12(18)7-19-9-4-5-10(14)11(15)6-9/h4-6,17H,7-8H2,1-3H3. The summed E-state index contributed by atoms with van der Waals surface area (Å²) >= 11 is 1.13. The fourth-order valence-electron chi connectivity index (χ4n) is 1.25. The minimum Gasteiger partial charge on any atom is -0.394 e. The maximum absolute atomic E-state index is 13.0. The van der Waals surface area contributed by atoms with Crippen molar-refractivity contribution < 1.29 is 18.7 Å². The Kier molecular flexibility index (Phi) is 5.31. The number of aliphatic hydroxyl groups is 1. The normalized spacial score (nSPS) is 11.5. The molecule has 0 aliphatic rings. The molecule has 0 spiro atoms. The molecular weight excluding hydrogens is 272 g/mol. The van der Waals surface area contributed by atoms with Crippen molar-refractivity contribution in [1.29, 1.82) is 0 Å². The lowest BCUT2D eigenvalue weighted by Gasteiger charge is -2.33. The Morgan fingerprint density at radius 1 is 1.37 bits per heavy atom. The number of halogens is 2. The van der Waals surface area contributed by atoms with Crippen LogP contribution in [0.4, 0.5) is 8.78 Å². The fraction of sp³-hybridized carbons (Fsp3) is 0.462. The first-order valence-corrected chi connectivity index (χ1v) is 6.72. The summed E-state index contributed by atoms with van der Waals surface area (Å²) in [6.45, 7) is 3.34. The number of rotatable bonds is 5.